The zero-order valence-electron chi connectivity index (χ0n) is 16.0. The topological polar surface area (TPSA) is 125 Å². The van der Waals surface area contributed by atoms with Gasteiger partial charge in [0.05, 0.1) is 13.7 Å². The van der Waals surface area contributed by atoms with Crippen LogP contribution in [0.25, 0.3) is 11.4 Å². The molecule has 10 nitrogen and oxygen atoms in total. The van der Waals surface area contributed by atoms with Gasteiger partial charge < -0.3 is 4.74 Å². The molecule has 0 unspecified atom stereocenters. The van der Waals surface area contributed by atoms with E-state index in [1.165, 1.54) is 23.2 Å². The van der Waals surface area contributed by atoms with Gasteiger partial charge in [-0.2, -0.15) is 0 Å². The first-order chi connectivity index (χ1) is 14.4. The third-order valence-corrected chi connectivity index (χ3v) is 7.13. The number of carbonyl (C=O) groups is 1. The van der Waals surface area contributed by atoms with E-state index >= 15 is 0 Å². The predicted molar refractivity (Wildman–Crippen MR) is 109 cm³/mol. The van der Waals surface area contributed by atoms with Crippen LogP contribution in [0.4, 0.5) is 0 Å². The van der Waals surface area contributed by atoms with E-state index in [-0.39, 0.29) is 34.6 Å². The van der Waals surface area contributed by atoms with Gasteiger partial charge >= 0.3 is 11.7 Å². The van der Waals surface area contributed by atoms with E-state index in [1.54, 1.807) is 23.0 Å². The number of rotatable bonds is 8. The molecule has 0 saturated heterocycles. The van der Waals surface area contributed by atoms with Crippen molar-refractivity contribution in [2.24, 2.45) is 0 Å². The normalized spacial score (nSPS) is 14.0. The fourth-order valence-corrected chi connectivity index (χ4v) is 5.39. The summed E-state index contributed by atoms with van der Waals surface area (Å²) < 4.78 is 35.1. The van der Waals surface area contributed by atoms with Gasteiger partial charge in [-0.3, -0.25) is 9.55 Å². The summed E-state index contributed by atoms with van der Waals surface area (Å²) in [7, 11) is -2.76. The van der Waals surface area contributed by atoms with Crippen molar-refractivity contribution >= 4 is 27.3 Å². The number of carbonyl (C=O) groups excluding carboxylic acids is 1. The second-order valence-corrected chi connectivity index (χ2v) is 9.33. The van der Waals surface area contributed by atoms with Crippen LogP contribution in [0.3, 0.4) is 0 Å². The van der Waals surface area contributed by atoms with Crippen molar-refractivity contribution in [3.05, 3.63) is 51.3 Å². The van der Waals surface area contributed by atoms with Crippen molar-refractivity contribution in [3.8, 4) is 11.4 Å². The number of hydrogen-bond donors (Lipinski definition) is 1. The summed E-state index contributed by atoms with van der Waals surface area (Å²) in [6.07, 6.45) is 5.08. The molecule has 158 valence electrons. The molecule has 1 fully saturated rings. The first-order valence-corrected chi connectivity index (χ1v) is 11.5. The highest BCUT2D eigenvalue weighted by Gasteiger charge is 2.30. The molecule has 1 saturated carbocycles. The summed E-state index contributed by atoms with van der Waals surface area (Å²) in [5.41, 5.74) is 0.433. The Kier molecular flexibility index (Phi) is 5.54. The smallest absolute Gasteiger partial charge is 0.349 e. The van der Waals surface area contributed by atoms with Crippen LogP contribution in [0.2, 0.25) is 0 Å². The van der Waals surface area contributed by atoms with Crippen molar-refractivity contribution in [2.45, 2.75) is 30.3 Å². The number of thiophene rings is 1. The van der Waals surface area contributed by atoms with Crippen molar-refractivity contribution in [1.82, 2.24) is 24.1 Å². The molecule has 12 heteroatoms. The Hall–Kier alpha value is -2.83. The van der Waals surface area contributed by atoms with Crippen LogP contribution >= 0.6 is 11.3 Å². The van der Waals surface area contributed by atoms with Crippen LogP contribution in [0.5, 0.6) is 0 Å². The summed E-state index contributed by atoms with van der Waals surface area (Å²) in [6.45, 7) is -0.0183. The lowest BCUT2D eigenvalue weighted by atomic mass is 10.3. The molecular weight excluding hydrogens is 430 g/mol. The fourth-order valence-electron chi connectivity index (χ4n) is 3.03. The van der Waals surface area contributed by atoms with Gasteiger partial charge in [0.2, 0.25) is 10.0 Å². The largest absolute Gasteiger partial charge is 0.465 e. The van der Waals surface area contributed by atoms with Crippen LogP contribution in [0.15, 0.2) is 45.7 Å². The van der Waals surface area contributed by atoms with Crippen LogP contribution in [0.1, 0.15) is 28.6 Å². The minimum absolute atomic E-state index is 0.000887. The van der Waals surface area contributed by atoms with E-state index in [0.717, 1.165) is 29.7 Å². The highest BCUT2D eigenvalue weighted by molar-refractivity contribution is 7.89. The molecule has 4 rings (SSSR count). The van der Waals surface area contributed by atoms with Crippen molar-refractivity contribution < 1.29 is 17.9 Å². The maximum Gasteiger partial charge on any atom is 0.349 e. The van der Waals surface area contributed by atoms with Gasteiger partial charge in [-0.25, -0.2) is 27.4 Å². The maximum atomic E-state index is 12.8. The first kappa shape index (κ1) is 20.4. The molecule has 0 radical (unpaired) electrons. The van der Waals surface area contributed by atoms with Crippen LogP contribution in [-0.4, -0.2) is 47.4 Å². The lowest BCUT2D eigenvalue weighted by Gasteiger charge is -2.06. The average Bonchev–Trinajstić information content (AvgIpc) is 3.34. The number of pyridine rings is 1. The second-order valence-electron chi connectivity index (χ2n) is 6.68. The molecule has 30 heavy (non-hydrogen) atoms. The number of nitrogens with zero attached hydrogens (tertiary/aromatic N) is 4. The number of nitrogens with one attached hydrogen (secondary N) is 1. The van der Waals surface area contributed by atoms with Gasteiger partial charge in [0.15, 0.2) is 5.82 Å². The van der Waals surface area contributed by atoms with Crippen LogP contribution < -0.4 is 10.4 Å². The minimum Gasteiger partial charge on any atom is -0.465 e. The number of sulfonamides is 1. The molecule has 3 aromatic rings. The van der Waals surface area contributed by atoms with E-state index in [9.17, 15) is 18.0 Å². The van der Waals surface area contributed by atoms with Gasteiger partial charge in [-0.05, 0) is 36.4 Å². The third-order valence-electron chi connectivity index (χ3n) is 4.61. The summed E-state index contributed by atoms with van der Waals surface area (Å²) in [4.78, 5) is 28.5. The van der Waals surface area contributed by atoms with E-state index < -0.39 is 16.0 Å². The summed E-state index contributed by atoms with van der Waals surface area (Å²) >= 11 is 0.984. The van der Waals surface area contributed by atoms with Gasteiger partial charge in [-0.1, -0.05) is 0 Å². The zero-order chi connectivity index (χ0) is 21.3. The van der Waals surface area contributed by atoms with E-state index in [0.29, 0.717) is 5.82 Å². The van der Waals surface area contributed by atoms with Crippen molar-refractivity contribution in [1.29, 1.82) is 0 Å². The maximum absolute atomic E-state index is 12.8. The Balaban J connectivity index is 1.53. The molecular formula is C18H19N5O5S2. The number of esters is 1. The predicted octanol–water partition coefficient (Wildman–Crippen LogP) is 1.27. The van der Waals surface area contributed by atoms with Gasteiger partial charge in [0.25, 0.3) is 0 Å². The van der Waals surface area contributed by atoms with E-state index in [2.05, 4.69) is 19.5 Å². The molecule has 1 aliphatic carbocycles. The number of methoxy groups -OCH3 is 1. The Morgan fingerprint density at radius 2 is 2.17 bits per heavy atom. The molecule has 0 aromatic carbocycles. The number of aromatic nitrogens is 4. The average molecular weight is 450 g/mol. The Morgan fingerprint density at radius 3 is 2.83 bits per heavy atom. The molecule has 0 spiro atoms. The monoisotopic (exact) mass is 449 g/mol. The Labute approximate surface area is 176 Å². The SMILES string of the molecule is COC(=O)c1sccc1S(=O)(=O)NCCn1nc(-c2cccnc2)n(C2CC2)c1=O. The highest BCUT2D eigenvalue weighted by atomic mass is 32.2. The Morgan fingerprint density at radius 1 is 1.37 bits per heavy atom. The fraction of sp³-hybridized carbons (Fsp3) is 0.333. The highest BCUT2D eigenvalue weighted by Crippen LogP contribution is 2.36. The van der Waals surface area contributed by atoms with Crippen LogP contribution in [0, 0.1) is 0 Å². The van der Waals surface area contributed by atoms with Gasteiger partial charge in [-0.15, -0.1) is 16.4 Å². The molecule has 0 aliphatic heterocycles. The van der Waals surface area contributed by atoms with E-state index in [4.69, 9.17) is 0 Å². The molecule has 3 heterocycles. The lowest BCUT2D eigenvalue weighted by molar-refractivity contribution is 0.0602. The number of hydrogen-bond acceptors (Lipinski definition) is 8. The first-order valence-electron chi connectivity index (χ1n) is 9.17. The quantitative estimate of drug-likeness (QED) is 0.513. The van der Waals surface area contributed by atoms with E-state index in [1.807, 2.05) is 6.07 Å². The molecule has 0 atom stereocenters. The standard InChI is InChI=1S/C18H19N5O5S2/c1-28-17(24)15-14(6-10-29-15)30(26,27)20-8-9-22-18(25)23(13-4-5-13)16(21-22)12-3-2-7-19-11-12/h2-3,6-7,10-11,13,20H,4-5,8-9H2,1H3. The summed E-state index contributed by atoms with van der Waals surface area (Å²) in [6, 6.07) is 5.04. The molecule has 3 aromatic heterocycles. The van der Waals surface area contributed by atoms with Gasteiger partial charge in [0, 0.05) is 30.5 Å². The molecule has 0 amide bonds. The Bertz CT molecular complexity index is 1230. The zero-order valence-corrected chi connectivity index (χ0v) is 17.6. The van der Waals surface area contributed by atoms with Crippen molar-refractivity contribution in [3.63, 3.8) is 0 Å². The number of ether oxygens (including phenoxy) is 1. The summed E-state index contributed by atoms with van der Waals surface area (Å²) in [5.74, 6) is -0.199. The third kappa shape index (κ3) is 3.93. The summed E-state index contributed by atoms with van der Waals surface area (Å²) in [5, 5.41) is 5.91. The van der Waals surface area contributed by atoms with Crippen molar-refractivity contribution in [2.75, 3.05) is 13.7 Å². The molecule has 1 N–H and O–H groups in total. The van der Waals surface area contributed by atoms with Crippen LogP contribution in [-0.2, 0) is 21.3 Å². The lowest BCUT2D eigenvalue weighted by Crippen LogP contribution is -2.32. The second kappa shape index (κ2) is 8.13. The van der Waals surface area contributed by atoms with Gasteiger partial charge in [0.1, 0.15) is 9.77 Å². The minimum atomic E-state index is -3.95. The molecule has 1 aliphatic rings. The molecule has 0 bridgehead atoms.